The molecular weight excluding hydrogens is 344 g/mol. The topological polar surface area (TPSA) is 59.1 Å². The van der Waals surface area contributed by atoms with Gasteiger partial charge in [0.2, 0.25) is 11.8 Å². The number of carbonyl (C=O) groups excluding carboxylic acids is 2. The molecule has 0 unspecified atom stereocenters. The van der Waals surface area contributed by atoms with Crippen LogP contribution in [0, 0.1) is 5.92 Å². The molecule has 2 amide bonds. The number of hydrogen-bond acceptors (Lipinski definition) is 4. The van der Waals surface area contributed by atoms with Crippen LogP contribution < -0.4 is 9.47 Å². The summed E-state index contributed by atoms with van der Waals surface area (Å²) >= 11 is 0. The SMILES string of the molecule is O=C(/C=C/c1ccc2c(c1)OCCO2)N1CCC(C(=O)N2CCCC2)CC1. The van der Waals surface area contributed by atoms with Crippen molar-refractivity contribution in [3.05, 3.63) is 29.8 Å². The highest BCUT2D eigenvalue weighted by Gasteiger charge is 2.30. The van der Waals surface area contributed by atoms with E-state index in [-0.39, 0.29) is 17.7 Å². The van der Waals surface area contributed by atoms with Gasteiger partial charge >= 0.3 is 0 Å². The maximum atomic E-state index is 12.5. The van der Waals surface area contributed by atoms with E-state index in [1.807, 2.05) is 34.1 Å². The molecule has 1 aromatic rings. The van der Waals surface area contributed by atoms with Gasteiger partial charge in [0, 0.05) is 38.2 Å². The first-order valence-electron chi connectivity index (χ1n) is 9.86. The average molecular weight is 370 g/mol. The third-order valence-corrected chi connectivity index (χ3v) is 5.56. The van der Waals surface area contributed by atoms with E-state index < -0.39 is 0 Å². The molecule has 3 aliphatic rings. The van der Waals surface area contributed by atoms with Crippen molar-refractivity contribution in [2.45, 2.75) is 25.7 Å². The molecule has 0 atom stereocenters. The van der Waals surface area contributed by atoms with Crippen molar-refractivity contribution in [1.82, 2.24) is 9.80 Å². The lowest BCUT2D eigenvalue weighted by Gasteiger charge is -2.32. The molecule has 0 spiro atoms. The fourth-order valence-electron chi connectivity index (χ4n) is 3.98. The Kier molecular flexibility index (Phi) is 5.32. The van der Waals surface area contributed by atoms with Gasteiger partial charge in [0.1, 0.15) is 13.2 Å². The number of rotatable bonds is 3. The molecule has 2 fully saturated rings. The van der Waals surface area contributed by atoms with E-state index in [2.05, 4.69) is 0 Å². The molecule has 0 bridgehead atoms. The fraction of sp³-hybridized carbons (Fsp3) is 0.524. The third-order valence-electron chi connectivity index (χ3n) is 5.56. The molecule has 3 heterocycles. The van der Waals surface area contributed by atoms with Crippen molar-refractivity contribution in [1.29, 1.82) is 0 Å². The molecule has 1 aromatic carbocycles. The highest BCUT2D eigenvalue weighted by molar-refractivity contribution is 5.92. The average Bonchev–Trinajstić information content (AvgIpc) is 3.26. The molecule has 27 heavy (non-hydrogen) atoms. The van der Waals surface area contributed by atoms with E-state index in [1.165, 1.54) is 0 Å². The van der Waals surface area contributed by atoms with Crippen LogP contribution in [0.3, 0.4) is 0 Å². The van der Waals surface area contributed by atoms with Crippen LogP contribution in [0.5, 0.6) is 11.5 Å². The zero-order chi connectivity index (χ0) is 18.6. The zero-order valence-corrected chi connectivity index (χ0v) is 15.6. The van der Waals surface area contributed by atoms with Gasteiger partial charge in [-0.1, -0.05) is 6.07 Å². The van der Waals surface area contributed by atoms with Gasteiger partial charge in [-0.15, -0.1) is 0 Å². The number of fused-ring (bicyclic) bond motifs is 1. The number of benzene rings is 1. The Bertz CT molecular complexity index is 732. The molecule has 3 aliphatic heterocycles. The molecule has 2 saturated heterocycles. The molecule has 0 saturated carbocycles. The second-order valence-corrected chi connectivity index (χ2v) is 7.37. The Labute approximate surface area is 159 Å². The number of carbonyl (C=O) groups is 2. The van der Waals surface area contributed by atoms with Crippen LogP contribution in [0.2, 0.25) is 0 Å². The van der Waals surface area contributed by atoms with Crippen molar-refractivity contribution in [3.63, 3.8) is 0 Å². The Balaban J connectivity index is 1.30. The molecule has 0 N–H and O–H groups in total. The Morgan fingerprint density at radius 2 is 1.63 bits per heavy atom. The van der Waals surface area contributed by atoms with Gasteiger partial charge in [-0.25, -0.2) is 0 Å². The second-order valence-electron chi connectivity index (χ2n) is 7.37. The van der Waals surface area contributed by atoms with Crippen molar-refractivity contribution in [2.24, 2.45) is 5.92 Å². The largest absolute Gasteiger partial charge is 0.486 e. The maximum absolute atomic E-state index is 12.5. The van der Waals surface area contributed by atoms with Gasteiger partial charge in [0.15, 0.2) is 11.5 Å². The first kappa shape index (κ1) is 17.9. The standard InChI is InChI=1S/C21H26N2O4/c24-20(6-4-16-3-5-18-19(15-16)27-14-13-26-18)22-11-7-17(8-12-22)21(25)23-9-1-2-10-23/h3-6,15,17H,1-2,7-14H2/b6-4+. The quantitative estimate of drug-likeness (QED) is 0.767. The summed E-state index contributed by atoms with van der Waals surface area (Å²) in [4.78, 5) is 28.8. The number of ether oxygens (including phenoxy) is 2. The minimum atomic E-state index is -0.00281. The van der Waals surface area contributed by atoms with Gasteiger partial charge in [-0.05, 0) is 49.5 Å². The van der Waals surface area contributed by atoms with Gasteiger partial charge in [-0.2, -0.15) is 0 Å². The summed E-state index contributed by atoms with van der Waals surface area (Å²) in [5.74, 6) is 1.82. The van der Waals surface area contributed by atoms with E-state index in [0.29, 0.717) is 26.3 Å². The summed E-state index contributed by atoms with van der Waals surface area (Å²) < 4.78 is 11.1. The van der Waals surface area contributed by atoms with Crippen molar-refractivity contribution in [2.75, 3.05) is 39.4 Å². The van der Waals surface area contributed by atoms with E-state index in [0.717, 1.165) is 55.8 Å². The molecule has 0 aromatic heterocycles. The highest BCUT2D eigenvalue weighted by Crippen LogP contribution is 2.31. The van der Waals surface area contributed by atoms with Crippen LogP contribution in [0.15, 0.2) is 24.3 Å². The molecule has 0 radical (unpaired) electrons. The van der Waals surface area contributed by atoms with Gasteiger partial charge < -0.3 is 19.3 Å². The van der Waals surface area contributed by atoms with Crippen molar-refractivity contribution < 1.29 is 19.1 Å². The molecule has 144 valence electrons. The minimum absolute atomic E-state index is 0.00281. The monoisotopic (exact) mass is 370 g/mol. The van der Waals surface area contributed by atoms with Crippen LogP contribution in [0.4, 0.5) is 0 Å². The first-order chi connectivity index (χ1) is 13.2. The summed E-state index contributed by atoms with van der Waals surface area (Å²) in [6.45, 7) is 4.21. The maximum Gasteiger partial charge on any atom is 0.246 e. The van der Waals surface area contributed by atoms with Gasteiger partial charge in [0.25, 0.3) is 0 Å². The number of nitrogens with zero attached hydrogens (tertiary/aromatic N) is 2. The van der Waals surface area contributed by atoms with Gasteiger partial charge in [-0.3, -0.25) is 9.59 Å². The molecule has 0 aliphatic carbocycles. The number of piperidine rings is 1. The van der Waals surface area contributed by atoms with E-state index in [9.17, 15) is 9.59 Å². The summed E-state index contributed by atoms with van der Waals surface area (Å²) in [5.41, 5.74) is 0.909. The highest BCUT2D eigenvalue weighted by atomic mass is 16.6. The number of likely N-dealkylation sites (tertiary alicyclic amines) is 2. The lowest BCUT2D eigenvalue weighted by molar-refractivity contribution is -0.138. The van der Waals surface area contributed by atoms with Crippen molar-refractivity contribution in [3.8, 4) is 11.5 Å². The predicted molar refractivity (Wildman–Crippen MR) is 102 cm³/mol. The smallest absolute Gasteiger partial charge is 0.246 e. The Hall–Kier alpha value is -2.50. The van der Waals surface area contributed by atoms with E-state index >= 15 is 0 Å². The molecule has 4 rings (SSSR count). The zero-order valence-electron chi connectivity index (χ0n) is 15.6. The summed E-state index contributed by atoms with van der Waals surface area (Å²) in [7, 11) is 0. The minimum Gasteiger partial charge on any atom is -0.486 e. The number of amides is 2. The normalized spacial score (nSPS) is 20.3. The summed E-state index contributed by atoms with van der Waals surface area (Å²) in [6.07, 6.45) is 7.18. The van der Waals surface area contributed by atoms with Crippen LogP contribution >= 0.6 is 0 Å². The van der Waals surface area contributed by atoms with Crippen molar-refractivity contribution >= 4 is 17.9 Å². The van der Waals surface area contributed by atoms with E-state index in [4.69, 9.17) is 9.47 Å². The lowest BCUT2D eigenvalue weighted by Crippen LogP contribution is -2.43. The third kappa shape index (κ3) is 4.10. The second kappa shape index (κ2) is 8.03. The fourth-order valence-corrected chi connectivity index (χ4v) is 3.98. The molecule has 6 nitrogen and oxygen atoms in total. The lowest BCUT2D eigenvalue weighted by atomic mass is 9.95. The Morgan fingerprint density at radius 3 is 2.37 bits per heavy atom. The predicted octanol–water partition coefficient (Wildman–Crippen LogP) is 2.33. The Morgan fingerprint density at radius 1 is 0.926 bits per heavy atom. The van der Waals surface area contributed by atoms with Crippen LogP contribution in [0.25, 0.3) is 6.08 Å². The summed E-state index contributed by atoms with van der Waals surface area (Å²) in [6, 6.07) is 5.67. The van der Waals surface area contributed by atoms with Gasteiger partial charge in [0.05, 0.1) is 0 Å². The molecular formula is C21H26N2O4. The van der Waals surface area contributed by atoms with Crippen LogP contribution in [-0.4, -0.2) is 61.0 Å². The van der Waals surface area contributed by atoms with Crippen LogP contribution in [-0.2, 0) is 9.59 Å². The van der Waals surface area contributed by atoms with Crippen LogP contribution in [0.1, 0.15) is 31.2 Å². The number of hydrogen-bond donors (Lipinski definition) is 0. The van der Waals surface area contributed by atoms with E-state index in [1.54, 1.807) is 6.08 Å². The molecule has 6 heteroatoms. The first-order valence-corrected chi connectivity index (χ1v) is 9.86. The summed E-state index contributed by atoms with van der Waals surface area (Å²) in [5, 5.41) is 0.